The fourth-order valence-electron chi connectivity index (χ4n) is 2.26. The van der Waals surface area contributed by atoms with Crippen LogP contribution in [-0.4, -0.2) is 17.9 Å². The number of anilines is 1. The maximum Gasteiger partial charge on any atom is 0.255 e. The van der Waals surface area contributed by atoms with Crippen LogP contribution in [0.15, 0.2) is 36.4 Å². The Kier molecular flexibility index (Phi) is 4.53. The predicted molar refractivity (Wildman–Crippen MR) is 87.6 cm³/mol. The number of amides is 1. The van der Waals surface area contributed by atoms with Crippen molar-refractivity contribution in [3.8, 4) is 0 Å². The van der Waals surface area contributed by atoms with E-state index in [1.54, 1.807) is 30.1 Å². The largest absolute Gasteiger partial charge is 0.399 e. The van der Waals surface area contributed by atoms with E-state index in [-0.39, 0.29) is 5.91 Å². The lowest BCUT2D eigenvalue weighted by molar-refractivity contribution is 0.0785. The van der Waals surface area contributed by atoms with Gasteiger partial charge < -0.3 is 10.6 Å². The van der Waals surface area contributed by atoms with Crippen LogP contribution in [0.1, 0.15) is 27.0 Å². The van der Waals surface area contributed by atoms with Gasteiger partial charge in [0, 0.05) is 19.3 Å². The third-order valence-electron chi connectivity index (χ3n) is 3.47. The van der Waals surface area contributed by atoms with Gasteiger partial charge in [-0.3, -0.25) is 4.79 Å². The van der Waals surface area contributed by atoms with Crippen LogP contribution in [0, 0.1) is 13.8 Å². The lowest BCUT2D eigenvalue weighted by Crippen LogP contribution is -2.27. The first-order valence-corrected chi connectivity index (χ1v) is 7.13. The number of rotatable bonds is 3. The molecule has 2 N–H and O–H groups in total. The highest BCUT2D eigenvalue weighted by Crippen LogP contribution is 2.21. The molecule has 2 aromatic carbocycles. The van der Waals surface area contributed by atoms with Crippen LogP contribution in [-0.2, 0) is 6.54 Å². The summed E-state index contributed by atoms with van der Waals surface area (Å²) in [6.45, 7) is 4.64. The highest BCUT2D eigenvalue weighted by atomic mass is 35.5. The standard InChI is InChI=1S/C17H19ClN2O/c1-11-4-5-13(12(2)8-11)10-20(3)17(21)15-9-14(19)6-7-16(15)18/h4-9H,10,19H2,1-3H3. The van der Waals surface area contributed by atoms with Gasteiger partial charge in [0.1, 0.15) is 0 Å². The molecule has 0 bridgehead atoms. The Morgan fingerprint density at radius 1 is 1.19 bits per heavy atom. The number of aryl methyl sites for hydroxylation is 2. The van der Waals surface area contributed by atoms with E-state index in [9.17, 15) is 4.79 Å². The summed E-state index contributed by atoms with van der Waals surface area (Å²) in [5, 5.41) is 0.418. The SMILES string of the molecule is Cc1ccc(CN(C)C(=O)c2cc(N)ccc2Cl)c(C)c1. The minimum absolute atomic E-state index is 0.132. The molecule has 2 aromatic rings. The third-order valence-corrected chi connectivity index (χ3v) is 3.80. The minimum atomic E-state index is -0.132. The molecule has 0 saturated carbocycles. The molecule has 0 aromatic heterocycles. The number of nitrogen functional groups attached to an aromatic ring is 1. The second-order valence-corrected chi connectivity index (χ2v) is 5.74. The highest BCUT2D eigenvalue weighted by Gasteiger charge is 2.16. The molecule has 0 radical (unpaired) electrons. The highest BCUT2D eigenvalue weighted by molar-refractivity contribution is 6.33. The molecule has 0 saturated heterocycles. The zero-order chi connectivity index (χ0) is 15.6. The monoisotopic (exact) mass is 302 g/mol. The number of benzene rings is 2. The van der Waals surface area contributed by atoms with Crippen LogP contribution < -0.4 is 5.73 Å². The Labute approximate surface area is 130 Å². The van der Waals surface area contributed by atoms with Crippen LogP contribution in [0.5, 0.6) is 0 Å². The van der Waals surface area contributed by atoms with E-state index in [1.165, 1.54) is 11.1 Å². The average molecular weight is 303 g/mol. The molecule has 0 spiro atoms. The van der Waals surface area contributed by atoms with Crippen LogP contribution in [0.2, 0.25) is 5.02 Å². The van der Waals surface area contributed by atoms with Gasteiger partial charge in [-0.2, -0.15) is 0 Å². The Morgan fingerprint density at radius 3 is 2.57 bits per heavy atom. The number of halogens is 1. The quantitative estimate of drug-likeness (QED) is 0.876. The van der Waals surface area contributed by atoms with Crippen LogP contribution in [0.3, 0.4) is 0 Å². The number of carbonyl (C=O) groups is 1. The van der Waals surface area contributed by atoms with Crippen molar-refractivity contribution in [2.45, 2.75) is 20.4 Å². The molecule has 0 atom stereocenters. The number of hydrogen-bond acceptors (Lipinski definition) is 2. The molecule has 4 heteroatoms. The smallest absolute Gasteiger partial charge is 0.255 e. The predicted octanol–water partition coefficient (Wildman–Crippen LogP) is 3.81. The van der Waals surface area contributed by atoms with Crippen LogP contribution in [0.4, 0.5) is 5.69 Å². The summed E-state index contributed by atoms with van der Waals surface area (Å²) < 4.78 is 0. The minimum Gasteiger partial charge on any atom is -0.399 e. The van der Waals surface area contributed by atoms with Gasteiger partial charge in [0.2, 0.25) is 0 Å². The first-order valence-electron chi connectivity index (χ1n) is 6.75. The van der Waals surface area contributed by atoms with E-state index in [1.807, 2.05) is 13.0 Å². The van der Waals surface area contributed by atoms with E-state index in [0.29, 0.717) is 22.8 Å². The van der Waals surface area contributed by atoms with Crippen molar-refractivity contribution in [2.75, 3.05) is 12.8 Å². The summed E-state index contributed by atoms with van der Waals surface area (Å²) in [5.74, 6) is -0.132. The number of hydrogen-bond donors (Lipinski definition) is 1. The molecule has 0 aliphatic carbocycles. The molecule has 110 valence electrons. The molecule has 0 aliphatic heterocycles. The van der Waals surface area contributed by atoms with Gasteiger partial charge in [0.05, 0.1) is 10.6 Å². The maximum atomic E-state index is 12.5. The third kappa shape index (κ3) is 3.56. The van der Waals surface area contributed by atoms with Gasteiger partial charge in [-0.25, -0.2) is 0 Å². The first-order chi connectivity index (χ1) is 9.88. The average Bonchev–Trinajstić information content (AvgIpc) is 2.43. The summed E-state index contributed by atoms with van der Waals surface area (Å²) in [5.41, 5.74) is 10.2. The van der Waals surface area contributed by atoms with E-state index in [2.05, 4.69) is 19.1 Å². The second kappa shape index (κ2) is 6.19. The van der Waals surface area contributed by atoms with Crippen molar-refractivity contribution in [3.63, 3.8) is 0 Å². The van der Waals surface area contributed by atoms with Gasteiger partial charge in [-0.05, 0) is 43.2 Å². The summed E-state index contributed by atoms with van der Waals surface area (Å²) in [4.78, 5) is 14.1. The van der Waals surface area contributed by atoms with E-state index < -0.39 is 0 Å². The molecule has 3 nitrogen and oxygen atoms in total. The molecule has 0 heterocycles. The van der Waals surface area contributed by atoms with Gasteiger partial charge >= 0.3 is 0 Å². The van der Waals surface area contributed by atoms with Crippen LogP contribution >= 0.6 is 11.6 Å². The Hall–Kier alpha value is -2.00. The summed E-state index contributed by atoms with van der Waals surface area (Å²) in [6, 6.07) is 11.2. The topological polar surface area (TPSA) is 46.3 Å². The fraction of sp³-hybridized carbons (Fsp3) is 0.235. The molecule has 2 rings (SSSR count). The van der Waals surface area contributed by atoms with Gasteiger partial charge in [-0.1, -0.05) is 35.4 Å². The van der Waals surface area contributed by atoms with Crippen molar-refractivity contribution >= 4 is 23.2 Å². The first kappa shape index (κ1) is 15.4. The molecular weight excluding hydrogens is 284 g/mol. The Bertz CT molecular complexity index is 682. The fourth-order valence-corrected chi connectivity index (χ4v) is 2.46. The lowest BCUT2D eigenvalue weighted by Gasteiger charge is -2.19. The zero-order valence-corrected chi connectivity index (χ0v) is 13.2. The number of carbonyl (C=O) groups excluding carboxylic acids is 1. The zero-order valence-electron chi connectivity index (χ0n) is 12.5. The molecule has 0 unspecified atom stereocenters. The van der Waals surface area contributed by atoms with Gasteiger partial charge in [-0.15, -0.1) is 0 Å². The summed E-state index contributed by atoms with van der Waals surface area (Å²) in [7, 11) is 1.77. The Morgan fingerprint density at radius 2 is 1.90 bits per heavy atom. The van der Waals surface area contributed by atoms with E-state index in [0.717, 1.165) is 5.56 Å². The number of nitrogens with zero attached hydrogens (tertiary/aromatic N) is 1. The second-order valence-electron chi connectivity index (χ2n) is 5.33. The van der Waals surface area contributed by atoms with Crippen LogP contribution in [0.25, 0.3) is 0 Å². The molecule has 0 aliphatic rings. The van der Waals surface area contributed by atoms with Crippen molar-refractivity contribution < 1.29 is 4.79 Å². The number of nitrogens with two attached hydrogens (primary N) is 1. The molecular formula is C17H19ClN2O. The van der Waals surface area contributed by atoms with E-state index >= 15 is 0 Å². The lowest BCUT2D eigenvalue weighted by atomic mass is 10.1. The van der Waals surface area contributed by atoms with Crippen molar-refractivity contribution in [3.05, 3.63) is 63.7 Å². The molecule has 1 amide bonds. The molecule has 0 fully saturated rings. The van der Waals surface area contributed by atoms with Crippen molar-refractivity contribution in [2.24, 2.45) is 0 Å². The van der Waals surface area contributed by atoms with Gasteiger partial charge in [0.25, 0.3) is 5.91 Å². The normalized spacial score (nSPS) is 10.5. The molecule has 21 heavy (non-hydrogen) atoms. The van der Waals surface area contributed by atoms with Crippen molar-refractivity contribution in [1.82, 2.24) is 4.90 Å². The van der Waals surface area contributed by atoms with Gasteiger partial charge in [0.15, 0.2) is 0 Å². The summed E-state index contributed by atoms with van der Waals surface area (Å²) in [6.07, 6.45) is 0. The van der Waals surface area contributed by atoms with E-state index in [4.69, 9.17) is 17.3 Å². The maximum absolute atomic E-state index is 12.5. The Balaban J connectivity index is 2.21. The van der Waals surface area contributed by atoms with Crippen molar-refractivity contribution in [1.29, 1.82) is 0 Å². The summed E-state index contributed by atoms with van der Waals surface area (Å²) >= 11 is 6.09.